The van der Waals surface area contributed by atoms with Gasteiger partial charge in [-0.2, -0.15) is 0 Å². The lowest BCUT2D eigenvalue weighted by Crippen LogP contribution is -2.29. The molecule has 5 nitrogen and oxygen atoms in total. The second kappa shape index (κ2) is 9.90. The number of hydrogen-bond donors (Lipinski definition) is 1. The zero-order valence-corrected chi connectivity index (χ0v) is 19.4. The van der Waals surface area contributed by atoms with E-state index in [9.17, 15) is 9.59 Å². The van der Waals surface area contributed by atoms with Crippen LogP contribution in [0, 0.1) is 12.8 Å². The van der Waals surface area contributed by atoms with Gasteiger partial charge in [0, 0.05) is 24.3 Å². The zero-order chi connectivity index (χ0) is 23.4. The fourth-order valence-electron chi connectivity index (χ4n) is 4.25. The Bertz CT molecular complexity index is 1110. The normalized spacial score (nSPS) is 15.5. The highest BCUT2D eigenvalue weighted by Crippen LogP contribution is 2.33. The molecule has 4 rings (SSSR count). The molecule has 33 heavy (non-hydrogen) atoms. The Kier molecular flexibility index (Phi) is 6.78. The molecule has 1 fully saturated rings. The first-order valence-corrected chi connectivity index (χ1v) is 11.5. The first-order chi connectivity index (χ1) is 16.0. The number of para-hydroxylation sites is 1. The van der Waals surface area contributed by atoms with Crippen molar-refractivity contribution in [3.8, 4) is 11.5 Å². The topological polar surface area (TPSA) is 58.6 Å². The number of amides is 2. The maximum absolute atomic E-state index is 12.9. The van der Waals surface area contributed by atoms with E-state index in [1.807, 2.05) is 61.5 Å². The van der Waals surface area contributed by atoms with E-state index in [-0.39, 0.29) is 24.2 Å². The minimum Gasteiger partial charge on any atom is -0.457 e. The Morgan fingerprint density at radius 3 is 2.09 bits per heavy atom. The minimum absolute atomic E-state index is 0.00703. The lowest BCUT2D eigenvalue weighted by Gasteiger charge is -2.23. The summed E-state index contributed by atoms with van der Waals surface area (Å²) in [5.41, 5.74) is 5.14. The lowest BCUT2D eigenvalue weighted by atomic mass is 10.0. The highest BCUT2D eigenvalue weighted by molar-refractivity contribution is 6.04. The maximum Gasteiger partial charge on any atom is 0.229 e. The Labute approximate surface area is 195 Å². The maximum atomic E-state index is 12.9. The molecular formula is C28H30N2O3. The predicted molar refractivity (Wildman–Crippen MR) is 132 cm³/mol. The molecule has 5 heteroatoms. The molecule has 1 heterocycles. The number of ether oxygens (including phenoxy) is 1. The van der Waals surface area contributed by atoms with E-state index in [4.69, 9.17) is 4.74 Å². The second-order valence-corrected chi connectivity index (χ2v) is 8.47. The van der Waals surface area contributed by atoms with Gasteiger partial charge in [-0.3, -0.25) is 9.59 Å². The number of aryl methyl sites for hydroxylation is 3. The Balaban J connectivity index is 1.41. The fourth-order valence-corrected chi connectivity index (χ4v) is 4.25. The van der Waals surface area contributed by atoms with Gasteiger partial charge in [0.1, 0.15) is 11.5 Å². The number of carbonyl (C=O) groups excluding carboxylic acids is 2. The Hall–Kier alpha value is -3.60. The van der Waals surface area contributed by atoms with Crippen molar-refractivity contribution < 1.29 is 14.3 Å². The molecule has 170 valence electrons. The van der Waals surface area contributed by atoms with Crippen molar-refractivity contribution >= 4 is 23.2 Å². The molecule has 0 spiro atoms. The Morgan fingerprint density at radius 2 is 1.52 bits per heavy atom. The molecule has 0 aliphatic carbocycles. The van der Waals surface area contributed by atoms with Crippen molar-refractivity contribution in [1.82, 2.24) is 0 Å². The van der Waals surface area contributed by atoms with Crippen molar-refractivity contribution in [2.45, 2.75) is 40.0 Å². The van der Waals surface area contributed by atoms with Gasteiger partial charge < -0.3 is 15.0 Å². The standard InChI is InChI=1S/C28H30N2O3/c1-4-20-7-6-8-21(5-2)27(20)30-18-22(17-26(30)31)28(32)29-23-11-15-25(16-12-23)33-24-13-9-19(3)10-14-24/h6-16,22H,4-5,17-18H2,1-3H3,(H,29,32)/t22-/m0/s1. The van der Waals surface area contributed by atoms with Crippen LogP contribution in [0.2, 0.25) is 0 Å². The summed E-state index contributed by atoms with van der Waals surface area (Å²) >= 11 is 0. The summed E-state index contributed by atoms with van der Waals surface area (Å²) in [6, 6.07) is 21.3. The summed E-state index contributed by atoms with van der Waals surface area (Å²) in [7, 11) is 0. The second-order valence-electron chi connectivity index (χ2n) is 8.47. The van der Waals surface area contributed by atoms with Gasteiger partial charge in [0.25, 0.3) is 0 Å². The largest absolute Gasteiger partial charge is 0.457 e. The van der Waals surface area contributed by atoms with E-state index in [1.54, 1.807) is 4.90 Å². The zero-order valence-electron chi connectivity index (χ0n) is 19.4. The third kappa shape index (κ3) is 5.08. The molecule has 3 aromatic rings. The van der Waals surface area contributed by atoms with Crippen LogP contribution in [0.5, 0.6) is 11.5 Å². The molecule has 1 atom stereocenters. The van der Waals surface area contributed by atoms with Crippen LogP contribution in [0.1, 0.15) is 37.0 Å². The van der Waals surface area contributed by atoms with E-state index < -0.39 is 0 Å². The third-order valence-corrected chi connectivity index (χ3v) is 6.11. The summed E-state index contributed by atoms with van der Waals surface area (Å²) in [5, 5.41) is 2.96. The molecule has 2 amide bonds. The number of nitrogens with one attached hydrogen (secondary N) is 1. The molecule has 0 bridgehead atoms. The number of rotatable bonds is 7. The summed E-state index contributed by atoms with van der Waals surface area (Å²) < 4.78 is 5.85. The van der Waals surface area contributed by atoms with Gasteiger partial charge in [-0.1, -0.05) is 49.7 Å². The average molecular weight is 443 g/mol. The van der Waals surface area contributed by atoms with Gasteiger partial charge in [0.15, 0.2) is 0 Å². The lowest BCUT2D eigenvalue weighted by molar-refractivity contribution is -0.122. The highest BCUT2D eigenvalue weighted by Gasteiger charge is 2.36. The monoisotopic (exact) mass is 442 g/mol. The predicted octanol–water partition coefficient (Wildman–Crippen LogP) is 5.90. The van der Waals surface area contributed by atoms with Crippen LogP contribution in [0.15, 0.2) is 66.7 Å². The molecule has 3 aromatic carbocycles. The van der Waals surface area contributed by atoms with Gasteiger partial charge in [-0.15, -0.1) is 0 Å². The van der Waals surface area contributed by atoms with Crippen LogP contribution in [-0.2, 0) is 22.4 Å². The first kappa shape index (κ1) is 22.6. The number of nitrogens with zero attached hydrogens (tertiary/aromatic N) is 1. The van der Waals surface area contributed by atoms with Crippen LogP contribution >= 0.6 is 0 Å². The van der Waals surface area contributed by atoms with E-state index in [2.05, 4.69) is 31.3 Å². The van der Waals surface area contributed by atoms with Crippen LogP contribution in [-0.4, -0.2) is 18.4 Å². The smallest absolute Gasteiger partial charge is 0.229 e. The minimum atomic E-state index is -0.379. The van der Waals surface area contributed by atoms with Gasteiger partial charge in [-0.25, -0.2) is 0 Å². The number of anilines is 2. The molecule has 0 aromatic heterocycles. The molecule has 0 unspecified atom stereocenters. The fraction of sp³-hybridized carbons (Fsp3) is 0.286. The van der Waals surface area contributed by atoms with Crippen molar-refractivity contribution in [3.63, 3.8) is 0 Å². The van der Waals surface area contributed by atoms with Crippen molar-refractivity contribution in [2.24, 2.45) is 5.92 Å². The van der Waals surface area contributed by atoms with E-state index in [1.165, 1.54) is 5.56 Å². The van der Waals surface area contributed by atoms with Crippen LogP contribution in [0.4, 0.5) is 11.4 Å². The molecule has 1 aliphatic rings. The van der Waals surface area contributed by atoms with Gasteiger partial charge in [0.05, 0.1) is 5.92 Å². The molecular weight excluding hydrogens is 412 g/mol. The van der Waals surface area contributed by atoms with E-state index in [0.29, 0.717) is 18.0 Å². The van der Waals surface area contributed by atoms with Crippen LogP contribution in [0.25, 0.3) is 0 Å². The highest BCUT2D eigenvalue weighted by atomic mass is 16.5. The van der Waals surface area contributed by atoms with Crippen molar-refractivity contribution in [3.05, 3.63) is 83.4 Å². The molecule has 1 N–H and O–H groups in total. The number of benzene rings is 3. The van der Waals surface area contributed by atoms with Crippen LogP contribution in [0.3, 0.4) is 0 Å². The summed E-state index contributed by atoms with van der Waals surface area (Å²) in [6.07, 6.45) is 1.92. The van der Waals surface area contributed by atoms with Crippen molar-refractivity contribution in [2.75, 3.05) is 16.8 Å². The quantitative estimate of drug-likeness (QED) is 0.495. The molecule has 0 radical (unpaired) electrons. The van der Waals surface area contributed by atoms with E-state index in [0.717, 1.165) is 35.4 Å². The molecule has 1 saturated heterocycles. The number of hydrogen-bond acceptors (Lipinski definition) is 3. The van der Waals surface area contributed by atoms with Gasteiger partial charge in [-0.05, 0) is 67.3 Å². The molecule has 1 aliphatic heterocycles. The Morgan fingerprint density at radius 1 is 0.939 bits per heavy atom. The van der Waals surface area contributed by atoms with Gasteiger partial charge >= 0.3 is 0 Å². The molecule has 0 saturated carbocycles. The van der Waals surface area contributed by atoms with Gasteiger partial charge in [0.2, 0.25) is 11.8 Å². The summed E-state index contributed by atoms with van der Waals surface area (Å²) in [6.45, 7) is 6.62. The summed E-state index contributed by atoms with van der Waals surface area (Å²) in [5.74, 6) is 0.955. The third-order valence-electron chi connectivity index (χ3n) is 6.11. The number of carbonyl (C=O) groups is 2. The van der Waals surface area contributed by atoms with Crippen LogP contribution < -0.4 is 15.0 Å². The SMILES string of the molecule is CCc1cccc(CC)c1N1C[C@@H](C(=O)Nc2ccc(Oc3ccc(C)cc3)cc2)CC1=O. The summed E-state index contributed by atoms with van der Waals surface area (Å²) in [4.78, 5) is 27.6. The van der Waals surface area contributed by atoms with E-state index >= 15 is 0 Å². The first-order valence-electron chi connectivity index (χ1n) is 11.5. The average Bonchev–Trinajstić information content (AvgIpc) is 3.22. The van der Waals surface area contributed by atoms with Crippen molar-refractivity contribution in [1.29, 1.82) is 0 Å².